The molecule has 2 aromatic heterocycles. The van der Waals surface area contributed by atoms with Crippen molar-refractivity contribution >= 4 is 40.6 Å². The molecule has 2 N–H and O–H groups in total. The van der Waals surface area contributed by atoms with Crippen LogP contribution in [-0.4, -0.2) is 22.4 Å². The Bertz CT molecular complexity index is 1130. The van der Waals surface area contributed by atoms with Gasteiger partial charge in [0.25, 0.3) is 5.91 Å². The smallest absolute Gasteiger partial charge is 0.255 e. The Hall–Kier alpha value is -2.38. The molecule has 0 fully saturated rings. The average Bonchev–Trinajstić information content (AvgIpc) is 3.16. The van der Waals surface area contributed by atoms with E-state index >= 15 is 0 Å². The lowest BCUT2D eigenvalue weighted by Gasteiger charge is -2.34. The van der Waals surface area contributed by atoms with E-state index < -0.39 is 0 Å². The number of nitrogens with zero attached hydrogens (tertiary/aromatic N) is 1. The predicted molar refractivity (Wildman–Crippen MR) is 132 cm³/mol. The van der Waals surface area contributed by atoms with Gasteiger partial charge in [0.2, 0.25) is 0 Å². The molecule has 2 aromatic rings. The molecule has 168 valence electrons. The number of allylic oxidation sites excluding steroid dienone is 3. The van der Waals surface area contributed by atoms with Crippen molar-refractivity contribution in [2.24, 2.45) is 0 Å². The summed E-state index contributed by atoms with van der Waals surface area (Å²) in [6.07, 6.45) is 4.84. The number of dihydropyridines is 1. The van der Waals surface area contributed by atoms with Crippen LogP contribution in [0.2, 0.25) is 0 Å². The highest BCUT2D eigenvalue weighted by Crippen LogP contribution is 2.47. The van der Waals surface area contributed by atoms with Crippen LogP contribution in [0.4, 0.5) is 5.82 Å². The standard InChI is InChI=1S/C25H29N3O2S2/c1-5-16-13-17(25(32-16)31-6-2)22-21(24(30)28-20-12-14(3)10-11-26-20)15(4)27-18-8-7-9-19(29)23(18)22/h10-13,22,27H,5-9H2,1-4H3,(H,26,28,30)/t22-/m1/s1. The van der Waals surface area contributed by atoms with Crippen LogP contribution in [0.1, 0.15) is 62.0 Å². The highest BCUT2D eigenvalue weighted by molar-refractivity contribution is 8.01. The molecule has 1 aliphatic carbocycles. The van der Waals surface area contributed by atoms with Gasteiger partial charge in [-0.1, -0.05) is 13.8 Å². The van der Waals surface area contributed by atoms with Crippen LogP contribution in [0.3, 0.4) is 0 Å². The second-order valence-electron chi connectivity index (χ2n) is 8.18. The number of thioether (sulfide) groups is 1. The Morgan fingerprint density at radius 2 is 2.09 bits per heavy atom. The van der Waals surface area contributed by atoms with Crippen molar-refractivity contribution in [2.75, 3.05) is 11.1 Å². The monoisotopic (exact) mass is 467 g/mol. The molecule has 3 heterocycles. The maximum Gasteiger partial charge on any atom is 0.255 e. The van der Waals surface area contributed by atoms with Crippen LogP contribution in [0.5, 0.6) is 0 Å². The van der Waals surface area contributed by atoms with E-state index in [1.165, 1.54) is 9.09 Å². The molecule has 0 radical (unpaired) electrons. The van der Waals surface area contributed by atoms with Crippen LogP contribution in [-0.2, 0) is 16.0 Å². The fourth-order valence-electron chi connectivity index (χ4n) is 4.44. The minimum absolute atomic E-state index is 0.145. The maximum atomic E-state index is 13.6. The molecule has 1 amide bonds. The van der Waals surface area contributed by atoms with Gasteiger partial charge in [0.05, 0.1) is 4.21 Å². The normalized spacial score (nSPS) is 18.5. The minimum atomic E-state index is -0.352. The van der Waals surface area contributed by atoms with Crippen LogP contribution in [0, 0.1) is 6.92 Å². The number of aromatic nitrogens is 1. The molecule has 2 aliphatic rings. The first-order valence-electron chi connectivity index (χ1n) is 11.2. The fraction of sp³-hybridized carbons (Fsp3) is 0.400. The maximum absolute atomic E-state index is 13.6. The van der Waals surface area contributed by atoms with Crippen LogP contribution in [0.25, 0.3) is 0 Å². The SMILES string of the molecule is CCSc1sc(CC)cc1[C@@H]1C(C(=O)Nc2cc(C)ccn2)=C(C)NC2=C1C(=O)CCC2. The lowest BCUT2D eigenvalue weighted by Crippen LogP contribution is -2.35. The summed E-state index contributed by atoms with van der Waals surface area (Å²) in [5, 5.41) is 6.38. The zero-order chi connectivity index (χ0) is 22.8. The first-order chi connectivity index (χ1) is 15.4. The second-order valence-corrected chi connectivity index (χ2v) is 10.8. The van der Waals surface area contributed by atoms with Gasteiger partial charge in [0, 0.05) is 46.0 Å². The summed E-state index contributed by atoms with van der Waals surface area (Å²) in [6.45, 7) is 8.19. The average molecular weight is 468 g/mol. The van der Waals surface area contributed by atoms with E-state index in [1.807, 2.05) is 26.0 Å². The lowest BCUT2D eigenvalue weighted by atomic mass is 9.75. The highest BCUT2D eigenvalue weighted by Gasteiger charge is 2.40. The summed E-state index contributed by atoms with van der Waals surface area (Å²) in [4.78, 5) is 32.4. The zero-order valence-electron chi connectivity index (χ0n) is 19.0. The molecular weight excluding hydrogens is 438 g/mol. The number of carbonyl (C=O) groups is 2. The van der Waals surface area contributed by atoms with Crippen LogP contribution < -0.4 is 10.6 Å². The summed E-state index contributed by atoms with van der Waals surface area (Å²) < 4.78 is 1.20. The number of thiophene rings is 1. The van der Waals surface area contributed by atoms with Gasteiger partial charge in [-0.25, -0.2) is 4.98 Å². The summed E-state index contributed by atoms with van der Waals surface area (Å²) in [7, 11) is 0. The zero-order valence-corrected chi connectivity index (χ0v) is 20.6. The van der Waals surface area contributed by atoms with Crippen molar-refractivity contribution in [3.63, 3.8) is 0 Å². The van der Waals surface area contributed by atoms with Gasteiger partial charge < -0.3 is 10.6 Å². The molecular formula is C25H29N3O2S2. The van der Waals surface area contributed by atoms with E-state index in [4.69, 9.17) is 0 Å². The van der Waals surface area contributed by atoms with Crippen LogP contribution in [0.15, 0.2) is 51.1 Å². The van der Waals surface area contributed by atoms with Gasteiger partial charge in [-0.3, -0.25) is 9.59 Å². The van der Waals surface area contributed by atoms with Crippen molar-refractivity contribution in [2.45, 2.75) is 63.5 Å². The Kier molecular flexibility index (Phi) is 6.86. The summed E-state index contributed by atoms with van der Waals surface area (Å²) >= 11 is 3.57. The fourth-order valence-corrected chi connectivity index (χ4v) is 6.82. The topological polar surface area (TPSA) is 71.1 Å². The third-order valence-electron chi connectivity index (χ3n) is 5.89. The second kappa shape index (κ2) is 9.63. The number of Topliss-reactive ketones (excluding diaryl/α,β-unsaturated/α-hetero) is 1. The lowest BCUT2D eigenvalue weighted by molar-refractivity contribution is -0.116. The summed E-state index contributed by atoms with van der Waals surface area (Å²) in [5.41, 5.74) is 5.28. The van der Waals surface area contributed by atoms with E-state index in [0.29, 0.717) is 17.8 Å². The van der Waals surface area contributed by atoms with Crippen molar-refractivity contribution in [1.82, 2.24) is 10.3 Å². The number of pyridine rings is 1. The Morgan fingerprint density at radius 1 is 1.28 bits per heavy atom. The Morgan fingerprint density at radius 3 is 2.81 bits per heavy atom. The van der Waals surface area contributed by atoms with Crippen molar-refractivity contribution in [3.8, 4) is 0 Å². The van der Waals surface area contributed by atoms with Gasteiger partial charge in [-0.15, -0.1) is 23.1 Å². The van der Waals surface area contributed by atoms with Gasteiger partial charge in [-0.05, 0) is 68.2 Å². The van der Waals surface area contributed by atoms with Gasteiger partial charge in [-0.2, -0.15) is 0 Å². The number of ketones is 1. The number of carbonyl (C=O) groups excluding carboxylic acids is 2. The molecule has 7 heteroatoms. The molecule has 0 spiro atoms. The first kappa shape index (κ1) is 22.8. The van der Waals surface area contributed by atoms with E-state index in [0.717, 1.165) is 53.1 Å². The van der Waals surface area contributed by atoms with Gasteiger partial charge in [0.15, 0.2) is 5.78 Å². The first-order valence-corrected chi connectivity index (χ1v) is 13.0. The Labute approximate surface area is 197 Å². The molecule has 0 saturated carbocycles. The van der Waals surface area contributed by atoms with Crippen LogP contribution >= 0.6 is 23.1 Å². The van der Waals surface area contributed by atoms with Gasteiger partial charge >= 0.3 is 0 Å². The van der Waals surface area contributed by atoms with E-state index in [1.54, 1.807) is 29.3 Å². The molecule has 1 aliphatic heterocycles. The third kappa shape index (κ3) is 4.41. The van der Waals surface area contributed by atoms with E-state index in [-0.39, 0.29) is 17.6 Å². The number of nitrogens with one attached hydrogen (secondary N) is 2. The Balaban J connectivity index is 1.83. The molecule has 1 atom stereocenters. The molecule has 0 saturated heterocycles. The highest BCUT2D eigenvalue weighted by atomic mass is 32.2. The molecule has 0 unspecified atom stereocenters. The molecule has 32 heavy (non-hydrogen) atoms. The number of aryl methyl sites for hydroxylation is 2. The summed E-state index contributed by atoms with van der Waals surface area (Å²) in [6, 6.07) is 5.96. The summed E-state index contributed by atoms with van der Waals surface area (Å²) in [5.74, 6) is 1.05. The largest absolute Gasteiger partial charge is 0.362 e. The predicted octanol–water partition coefficient (Wildman–Crippen LogP) is 5.73. The number of hydrogen-bond donors (Lipinski definition) is 2. The quantitative estimate of drug-likeness (QED) is 0.531. The van der Waals surface area contributed by atoms with E-state index in [9.17, 15) is 9.59 Å². The van der Waals surface area contributed by atoms with Gasteiger partial charge in [0.1, 0.15) is 5.82 Å². The van der Waals surface area contributed by atoms with Crippen molar-refractivity contribution in [1.29, 1.82) is 0 Å². The molecule has 4 rings (SSSR count). The third-order valence-corrected chi connectivity index (χ3v) is 8.37. The molecule has 0 aromatic carbocycles. The van der Waals surface area contributed by atoms with Crippen molar-refractivity contribution in [3.05, 3.63) is 62.9 Å². The molecule has 0 bridgehead atoms. The van der Waals surface area contributed by atoms with E-state index in [2.05, 4.69) is 35.5 Å². The number of amides is 1. The minimum Gasteiger partial charge on any atom is -0.362 e. The van der Waals surface area contributed by atoms with Crippen molar-refractivity contribution < 1.29 is 9.59 Å². The molecule has 5 nitrogen and oxygen atoms in total. The number of anilines is 1. The number of rotatable bonds is 6. The number of hydrogen-bond acceptors (Lipinski definition) is 6.